The third-order valence-corrected chi connectivity index (χ3v) is 21.0. The van der Waals surface area contributed by atoms with Crippen molar-refractivity contribution in [3.8, 4) is 66.8 Å². The van der Waals surface area contributed by atoms with Crippen LogP contribution in [0.15, 0.2) is 326 Å². The zero-order chi connectivity index (χ0) is 65.3. The zero-order valence-electron chi connectivity index (χ0n) is 55.5. The monoisotopic (exact) mass is 1240 g/mol. The second-order valence-corrected chi connectivity index (χ2v) is 28.8. The lowest BCUT2D eigenvalue weighted by molar-refractivity contribution is 0.569. The first-order valence-electron chi connectivity index (χ1n) is 34.2. The summed E-state index contributed by atoms with van der Waals surface area (Å²) >= 11 is 0. The Balaban J connectivity index is 1.01. The fourth-order valence-electron chi connectivity index (χ4n) is 16.2. The van der Waals surface area contributed by atoms with Gasteiger partial charge in [-0.25, -0.2) is 0 Å². The highest BCUT2D eigenvalue weighted by molar-refractivity contribution is 7.00. The van der Waals surface area contributed by atoms with Crippen molar-refractivity contribution in [2.24, 2.45) is 0 Å². The third-order valence-electron chi connectivity index (χ3n) is 21.0. The molecule has 1 aliphatic carbocycles. The van der Waals surface area contributed by atoms with Gasteiger partial charge < -0.3 is 14.2 Å². The maximum atomic E-state index is 6.60. The topological polar surface area (TPSA) is 19.6 Å². The molecule has 0 atom stereocenters. The molecular formula is C93H71BN2O. The van der Waals surface area contributed by atoms with E-state index in [0.717, 1.165) is 101 Å². The number of anilines is 6. The number of nitrogens with zero attached hydrogens (tertiary/aromatic N) is 2. The van der Waals surface area contributed by atoms with Crippen LogP contribution in [-0.4, -0.2) is 6.71 Å². The molecule has 3 heterocycles. The number of para-hydroxylation sites is 2. The molecule has 0 saturated carbocycles. The van der Waals surface area contributed by atoms with Gasteiger partial charge in [-0.1, -0.05) is 296 Å². The number of hydrogen-bond acceptors (Lipinski definition) is 3. The first-order valence-corrected chi connectivity index (χ1v) is 34.2. The van der Waals surface area contributed by atoms with E-state index in [1.54, 1.807) is 0 Å². The summed E-state index contributed by atoms with van der Waals surface area (Å²) in [6.45, 7) is 13.8. The van der Waals surface area contributed by atoms with Crippen molar-refractivity contribution in [2.45, 2.75) is 57.8 Å². The molecule has 0 radical (unpaired) electrons. The Morgan fingerprint density at radius 1 is 0.289 bits per heavy atom. The molecule has 15 aromatic rings. The minimum Gasteiger partial charge on any atom is -0.456 e. The Labute approximate surface area is 569 Å². The summed E-state index contributed by atoms with van der Waals surface area (Å²) in [4.78, 5) is 5.30. The van der Waals surface area contributed by atoms with Crippen molar-refractivity contribution in [1.29, 1.82) is 0 Å². The quantitative estimate of drug-likeness (QED) is 0.134. The summed E-state index contributed by atoms with van der Waals surface area (Å²) in [5.74, 6) is 0. The molecule has 462 valence electrons. The number of rotatable bonds is 9. The number of hydrogen-bond donors (Lipinski definition) is 0. The van der Waals surface area contributed by atoms with Gasteiger partial charge in [-0.3, -0.25) is 0 Å². The molecule has 0 fully saturated rings. The van der Waals surface area contributed by atoms with Crippen LogP contribution in [0.1, 0.15) is 74.9 Å². The first-order chi connectivity index (χ1) is 47.3. The highest BCUT2D eigenvalue weighted by Gasteiger charge is 2.50. The van der Waals surface area contributed by atoms with Crippen molar-refractivity contribution >= 4 is 79.2 Å². The number of furan rings is 1. The fourth-order valence-corrected chi connectivity index (χ4v) is 16.2. The molecule has 0 N–H and O–H groups in total. The minimum atomic E-state index is -0.657. The lowest BCUT2D eigenvalue weighted by Crippen LogP contribution is -2.61. The maximum Gasteiger partial charge on any atom is 0.252 e. The predicted octanol–water partition coefficient (Wildman–Crippen LogP) is 23.0. The second-order valence-electron chi connectivity index (χ2n) is 28.8. The lowest BCUT2D eigenvalue weighted by Gasteiger charge is -2.45. The average Bonchev–Trinajstić information content (AvgIpc) is 1.67. The van der Waals surface area contributed by atoms with Gasteiger partial charge in [0.15, 0.2) is 0 Å². The van der Waals surface area contributed by atoms with E-state index in [1.165, 1.54) is 72.0 Å². The highest BCUT2D eigenvalue weighted by Crippen LogP contribution is 2.59. The van der Waals surface area contributed by atoms with E-state index in [0.29, 0.717) is 0 Å². The molecule has 1 aromatic heterocycles. The van der Waals surface area contributed by atoms with Gasteiger partial charge in [0.05, 0.1) is 11.1 Å². The van der Waals surface area contributed by atoms with Gasteiger partial charge in [-0.2, -0.15) is 0 Å². The van der Waals surface area contributed by atoms with Gasteiger partial charge in [0.2, 0.25) is 0 Å². The van der Waals surface area contributed by atoms with Crippen molar-refractivity contribution in [3.63, 3.8) is 0 Å². The van der Waals surface area contributed by atoms with Crippen LogP contribution in [-0.2, 0) is 16.2 Å². The Morgan fingerprint density at radius 2 is 0.773 bits per heavy atom. The number of benzene rings is 14. The molecule has 14 aromatic carbocycles. The molecular weight excluding hydrogens is 1170 g/mol. The van der Waals surface area contributed by atoms with Crippen LogP contribution < -0.4 is 26.2 Å². The predicted molar refractivity (Wildman–Crippen MR) is 410 cm³/mol. The van der Waals surface area contributed by atoms with E-state index in [1.807, 2.05) is 0 Å². The molecule has 18 rings (SSSR count). The van der Waals surface area contributed by atoms with Gasteiger partial charge in [-0.05, 0) is 189 Å². The van der Waals surface area contributed by atoms with E-state index in [2.05, 4.69) is 373 Å². The second kappa shape index (κ2) is 22.3. The normalized spacial score (nSPS) is 13.5. The molecule has 0 saturated heterocycles. The van der Waals surface area contributed by atoms with Crippen LogP contribution in [0.25, 0.3) is 88.7 Å². The van der Waals surface area contributed by atoms with Crippen molar-refractivity contribution in [1.82, 2.24) is 0 Å². The van der Waals surface area contributed by atoms with Gasteiger partial charge in [0, 0.05) is 44.8 Å². The highest BCUT2D eigenvalue weighted by atomic mass is 16.3. The largest absolute Gasteiger partial charge is 0.456 e. The SMILES string of the molecule is CC(C)(C)c1cc(-c2ccc3c(c2)N(c2ccccc2-c2ccccc2)c2cc(-c4ccc5oc6ccccc6c5c4)cc4c2B3c2cc3c(cc2N4c2cc(-c4ccccc4)cc(-c4ccccc4)c2)-c2ccccc2C3(c2ccccc2)c2ccccc2)cc(C(C)(C)C)c1. The molecule has 0 amide bonds. The molecule has 3 nitrogen and oxygen atoms in total. The van der Waals surface area contributed by atoms with Crippen molar-refractivity contribution in [3.05, 3.63) is 355 Å². The van der Waals surface area contributed by atoms with Crippen LogP contribution >= 0.6 is 0 Å². The van der Waals surface area contributed by atoms with E-state index in [9.17, 15) is 0 Å². The zero-order valence-corrected chi connectivity index (χ0v) is 55.5. The molecule has 4 heteroatoms. The van der Waals surface area contributed by atoms with Crippen molar-refractivity contribution in [2.75, 3.05) is 9.80 Å². The van der Waals surface area contributed by atoms with Crippen LogP contribution in [0.5, 0.6) is 0 Å². The van der Waals surface area contributed by atoms with Gasteiger partial charge in [-0.15, -0.1) is 0 Å². The standard InChI is InChI=1S/C93H71BN2O/c1-91(2,3)71-49-67(50-72(57-71)92(4,5)6)64-44-46-81-84(54-64)96(83-42-26-23-38-74(83)62-32-16-9-17-33-62)87-56-68(63-45-47-89-78(53-63)76-40-24-27-43-88(76)97-89)55-86-90(87)94(81)82-59-80-77(75-39-22-25-41-79(75)93(80,69-34-18-10-19-35-69)70-36-20-11-21-37-70)58-85(82)95(86)73-51-65(60-28-12-7-13-29-60)48-66(52-73)61-30-14-8-15-31-61/h7-59H,1-6H3. The fraction of sp³-hybridized carbons (Fsp3) is 0.0968. The Hall–Kier alpha value is -11.5. The van der Waals surface area contributed by atoms with Crippen LogP contribution in [0, 0.1) is 0 Å². The summed E-state index contributed by atoms with van der Waals surface area (Å²) in [6, 6.07) is 121. The van der Waals surface area contributed by atoms with E-state index in [-0.39, 0.29) is 17.5 Å². The van der Waals surface area contributed by atoms with Gasteiger partial charge in [0.25, 0.3) is 6.71 Å². The first kappa shape index (κ1) is 58.1. The minimum absolute atomic E-state index is 0.0861. The third kappa shape index (κ3) is 9.40. The van der Waals surface area contributed by atoms with E-state index in [4.69, 9.17) is 4.42 Å². The van der Waals surface area contributed by atoms with Crippen LogP contribution in [0.4, 0.5) is 34.1 Å². The maximum absolute atomic E-state index is 6.60. The van der Waals surface area contributed by atoms with Gasteiger partial charge >= 0.3 is 0 Å². The lowest BCUT2D eigenvalue weighted by atomic mass is 9.33. The van der Waals surface area contributed by atoms with Crippen molar-refractivity contribution < 1.29 is 4.42 Å². The Kier molecular flexibility index (Phi) is 13.4. The van der Waals surface area contributed by atoms with Crippen LogP contribution in [0.3, 0.4) is 0 Å². The number of fused-ring (bicyclic) bond motifs is 10. The van der Waals surface area contributed by atoms with E-state index < -0.39 is 5.41 Å². The summed E-state index contributed by atoms with van der Waals surface area (Å²) in [5, 5.41) is 2.19. The van der Waals surface area contributed by atoms with Crippen LogP contribution in [0.2, 0.25) is 0 Å². The molecule has 0 spiro atoms. The summed E-state index contributed by atoms with van der Waals surface area (Å²) in [7, 11) is 0. The smallest absolute Gasteiger partial charge is 0.252 e. The molecule has 0 bridgehead atoms. The molecule has 97 heavy (non-hydrogen) atoms. The van der Waals surface area contributed by atoms with Gasteiger partial charge in [0.1, 0.15) is 11.2 Å². The molecule has 2 aliphatic heterocycles. The Bertz CT molecular complexity index is 5480. The summed E-state index contributed by atoms with van der Waals surface area (Å²) < 4.78 is 6.60. The van der Waals surface area contributed by atoms with E-state index >= 15 is 0 Å². The Morgan fingerprint density at radius 3 is 1.41 bits per heavy atom. The molecule has 3 aliphatic rings. The average molecular weight is 1240 g/mol. The molecule has 0 unspecified atom stereocenters. The summed E-state index contributed by atoms with van der Waals surface area (Å²) in [6.07, 6.45) is 0. The summed E-state index contributed by atoms with van der Waals surface area (Å²) in [5.41, 5.74) is 33.0.